The molecule has 1 aromatic heterocycles. The lowest BCUT2D eigenvalue weighted by Gasteiger charge is -2.23. The second kappa shape index (κ2) is 6.53. The second-order valence-corrected chi connectivity index (χ2v) is 5.94. The molecular formula is C14H24N2S. The van der Waals surface area contributed by atoms with Gasteiger partial charge in [-0.25, -0.2) is 0 Å². The SMILES string of the molecule is CCC1CCCN1CCNCc1sccc1C. The van der Waals surface area contributed by atoms with Gasteiger partial charge in [0.25, 0.3) is 0 Å². The Morgan fingerprint density at radius 2 is 2.41 bits per heavy atom. The van der Waals surface area contributed by atoms with E-state index in [0.717, 1.165) is 19.1 Å². The highest BCUT2D eigenvalue weighted by Crippen LogP contribution is 2.19. The molecule has 1 aromatic rings. The molecule has 2 nitrogen and oxygen atoms in total. The molecule has 1 fully saturated rings. The molecule has 0 saturated carbocycles. The van der Waals surface area contributed by atoms with E-state index in [1.807, 2.05) is 11.3 Å². The molecule has 3 heteroatoms. The minimum atomic E-state index is 0.847. The third-order valence-electron chi connectivity index (χ3n) is 3.80. The molecule has 1 N–H and O–H groups in total. The molecule has 1 unspecified atom stereocenters. The fraction of sp³-hybridized carbons (Fsp3) is 0.714. The molecule has 2 rings (SSSR count). The summed E-state index contributed by atoms with van der Waals surface area (Å²) in [6, 6.07) is 3.05. The topological polar surface area (TPSA) is 15.3 Å². The lowest BCUT2D eigenvalue weighted by molar-refractivity contribution is 0.248. The molecule has 1 saturated heterocycles. The van der Waals surface area contributed by atoms with Crippen LogP contribution in [-0.4, -0.2) is 30.6 Å². The Bertz CT molecular complexity index is 335. The monoisotopic (exact) mass is 252 g/mol. The van der Waals surface area contributed by atoms with E-state index >= 15 is 0 Å². The lowest BCUT2D eigenvalue weighted by Crippen LogP contribution is -2.35. The molecule has 0 radical (unpaired) electrons. The maximum atomic E-state index is 3.57. The van der Waals surface area contributed by atoms with Crippen LogP contribution in [0.1, 0.15) is 36.6 Å². The zero-order chi connectivity index (χ0) is 12.1. The van der Waals surface area contributed by atoms with Crippen molar-refractivity contribution in [2.24, 2.45) is 0 Å². The zero-order valence-corrected chi connectivity index (χ0v) is 11.9. The Morgan fingerprint density at radius 3 is 3.12 bits per heavy atom. The maximum Gasteiger partial charge on any atom is 0.0302 e. The third kappa shape index (κ3) is 3.54. The van der Waals surface area contributed by atoms with Gasteiger partial charge in [-0.3, -0.25) is 4.90 Å². The third-order valence-corrected chi connectivity index (χ3v) is 4.82. The van der Waals surface area contributed by atoms with Crippen molar-refractivity contribution in [3.05, 3.63) is 21.9 Å². The van der Waals surface area contributed by atoms with Crippen LogP contribution in [0.3, 0.4) is 0 Å². The van der Waals surface area contributed by atoms with Crippen LogP contribution in [0.25, 0.3) is 0 Å². The van der Waals surface area contributed by atoms with E-state index in [1.54, 1.807) is 0 Å². The van der Waals surface area contributed by atoms with Crippen LogP contribution < -0.4 is 5.32 Å². The van der Waals surface area contributed by atoms with Crippen LogP contribution in [0.2, 0.25) is 0 Å². The number of hydrogen-bond acceptors (Lipinski definition) is 3. The van der Waals surface area contributed by atoms with E-state index in [4.69, 9.17) is 0 Å². The molecule has 96 valence electrons. The average molecular weight is 252 g/mol. The van der Waals surface area contributed by atoms with Crippen molar-refractivity contribution in [1.82, 2.24) is 10.2 Å². The van der Waals surface area contributed by atoms with Gasteiger partial charge >= 0.3 is 0 Å². The summed E-state index contributed by atoms with van der Waals surface area (Å²) in [5, 5.41) is 5.75. The summed E-state index contributed by atoms with van der Waals surface area (Å²) >= 11 is 1.86. The van der Waals surface area contributed by atoms with Gasteiger partial charge in [0, 0.05) is 30.6 Å². The molecule has 0 bridgehead atoms. The molecule has 2 heterocycles. The number of nitrogens with one attached hydrogen (secondary N) is 1. The van der Waals surface area contributed by atoms with E-state index in [2.05, 4.69) is 35.5 Å². The number of hydrogen-bond donors (Lipinski definition) is 1. The first-order valence-corrected chi connectivity index (χ1v) is 7.67. The molecule has 1 aliphatic rings. The summed E-state index contributed by atoms with van der Waals surface area (Å²) < 4.78 is 0. The van der Waals surface area contributed by atoms with Crippen molar-refractivity contribution >= 4 is 11.3 Å². The summed E-state index contributed by atoms with van der Waals surface area (Å²) in [5.41, 5.74) is 1.43. The quantitative estimate of drug-likeness (QED) is 0.783. The van der Waals surface area contributed by atoms with Crippen LogP contribution >= 0.6 is 11.3 Å². The van der Waals surface area contributed by atoms with Crippen LogP contribution in [0.15, 0.2) is 11.4 Å². The van der Waals surface area contributed by atoms with E-state index in [9.17, 15) is 0 Å². The normalized spacial score (nSPS) is 21.2. The van der Waals surface area contributed by atoms with Crippen LogP contribution in [0.4, 0.5) is 0 Å². The van der Waals surface area contributed by atoms with Crippen molar-refractivity contribution in [1.29, 1.82) is 0 Å². The number of rotatable bonds is 6. The Labute approximate surface area is 109 Å². The Morgan fingerprint density at radius 1 is 1.53 bits per heavy atom. The van der Waals surface area contributed by atoms with Gasteiger partial charge in [0.05, 0.1) is 0 Å². The fourth-order valence-electron chi connectivity index (χ4n) is 2.66. The van der Waals surface area contributed by atoms with Gasteiger partial charge < -0.3 is 5.32 Å². The van der Waals surface area contributed by atoms with Gasteiger partial charge in [-0.15, -0.1) is 11.3 Å². The highest BCUT2D eigenvalue weighted by molar-refractivity contribution is 7.10. The molecule has 1 aliphatic heterocycles. The molecule has 0 spiro atoms. The minimum Gasteiger partial charge on any atom is -0.311 e. The minimum absolute atomic E-state index is 0.847. The summed E-state index contributed by atoms with van der Waals surface area (Å²) in [6.45, 7) is 9.18. The van der Waals surface area contributed by atoms with E-state index in [0.29, 0.717) is 0 Å². The highest BCUT2D eigenvalue weighted by Gasteiger charge is 2.21. The predicted octanol–water partition coefficient (Wildman–Crippen LogP) is 3.02. The number of nitrogens with zero attached hydrogens (tertiary/aromatic N) is 1. The Kier molecular flexibility index (Phi) is 5.01. The van der Waals surface area contributed by atoms with Gasteiger partial charge in [-0.1, -0.05) is 6.92 Å². The van der Waals surface area contributed by atoms with Gasteiger partial charge in [-0.2, -0.15) is 0 Å². The Hall–Kier alpha value is -0.380. The van der Waals surface area contributed by atoms with Crippen molar-refractivity contribution in [2.45, 2.75) is 45.7 Å². The first-order chi connectivity index (χ1) is 8.31. The van der Waals surface area contributed by atoms with Crippen LogP contribution in [-0.2, 0) is 6.54 Å². The van der Waals surface area contributed by atoms with E-state index in [1.165, 1.54) is 42.8 Å². The summed E-state index contributed by atoms with van der Waals surface area (Å²) in [5.74, 6) is 0. The van der Waals surface area contributed by atoms with Crippen molar-refractivity contribution in [3.63, 3.8) is 0 Å². The smallest absolute Gasteiger partial charge is 0.0302 e. The average Bonchev–Trinajstić information content (AvgIpc) is 2.93. The molecule has 1 atom stereocenters. The molecular weight excluding hydrogens is 228 g/mol. The summed E-state index contributed by atoms with van der Waals surface area (Å²) in [7, 11) is 0. The van der Waals surface area contributed by atoms with Crippen molar-refractivity contribution in [2.75, 3.05) is 19.6 Å². The molecule has 0 amide bonds. The largest absolute Gasteiger partial charge is 0.311 e. The lowest BCUT2D eigenvalue weighted by atomic mass is 10.2. The summed E-state index contributed by atoms with van der Waals surface area (Å²) in [4.78, 5) is 4.13. The summed E-state index contributed by atoms with van der Waals surface area (Å²) in [6.07, 6.45) is 4.10. The number of likely N-dealkylation sites (tertiary alicyclic amines) is 1. The highest BCUT2D eigenvalue weighted by atomic mass is 32.1. The van der Waals surface area contributed by atoms with E-state index < -0.39 is 0 Å². The standard InChI is InChI=1S/C14H24N2S/c1-3-13-5-4-8-16(13)9-7-15-11-14-12(2)6-10-17-14/h6,10,13,15H,3-5,7-9,11H2,1-2H3. The van der Waals surface area contributed by atoms with Crippen molar-refractivity contribution in [3.8, 4) is 0 Å². The molecule has 0 aromatic carbocycles. The zero-order valence-electron chi connectivity index (χ0n) is 11.0. The van der Waals surface area contributed by atoms with Gasteiger partial charge in [0.2, 0.25) is 0 Å². The molecule has 0 aliphatic carbocycles. The van der Waals surface area contributed by atoms with Crippen molar-refractivity contribution < 1.29 is 0 Å². The van der Waals surface area contributed by atoms with Gasteiger partial charge in [0.1, 0.15) is 0 Å². The Balaban J connectivity index is 1.65. The fourth-order valence-corrected chi connectivity index (χ4v) is 3.54. The van der Waals surface area contributed by atoms with Gasteiger partial charge in [0.15, 0.2) is 0 Å². The van der Waals surface area contributed by atoms with Gasteiger partial charge in [-0.05, 0) is 49.7 Å². The maximum absolute atomic E-state index is 3.57. The number of aryl methyl sites for hydroxylation is 1. The van der Waals surface area contributed by atoms with E-state index in [-0.39, 0.29) is 0 Å². The van der Waals surface area contributed by atoms with Crippen LogP contribution in [0.5, 0.6) is 0 Å². The van der Waals surface area contributed by atoms with Crippen LogP contribution in [0, 0.1) is 6.92 Å². The molecule has 17 heavy (non-hydrogen) atoms. The number of thiophene rings is 1. The predicted molar refractivity (Wildman–Crippen MR) is 75.6 cm³/mol. The first kappa shape index (κ1) is 13.1. The second-order valence-electron chi connectivity index (χ2n) is 4.94. The first-order valence-electron chi connectivity index (χ1n) is 6.79.